The van der Waals surface area contributed by atoms with Gasteiger partial charge in [-0.1, -0.05) is 30.3 Å². The molecule has 0 heterocycles. The molecule has 94 valence electrons. The van der Waals surface area contributed by atoms with Crippen LogP contribution in [0.25, 0.3) is 0 Å². The molecule has 0 aliphatic rings. The number of benzene rings is 1. The zero-order chi connectivity index (χ0) is 12.5. The van der Waals surface area contributed by atoms with Gasteiger partial charge in [0.05, 0.1) is 13.2 Å². The average molecular weight is 240 g/mol. The van der Waals surface area contributed by atoms with E-state index in [1.54, 1.807) is 6.92 Å². The molecule has 3 nitrogen and oxygen atoms in total. The molecule has 0 bridgehead atoms. The van der Waals surface area contributed by atoms with E-state index in [0.29, 0.717) is 6.42 Å². The van der Waals surface area contributed by atoms with Crippen LogP contribution in [0.4, 0.5) is 4.39 Å². The van der Waals surface area contributed by atoms with Crippen molar-refractivity contribution in [3.8, 4) is 0 Å². The van der Waals surface area contributed by atoms with Crippen LogP contribution < -0.4 is 0 Å². The fraction of sp³-hybridized carbons (Fsp3) is 0.462. The number of carbonyl (C=O) groups is 1. The first-order valence-electron chi connectivity index (χ1n) is 5.70. The maximum absolute atomic E-state index is 13.0. The molecule has 1 aromatic rings. The Kier molecular flexibility index (Phi) is 6.25. The van der Waals surface area contributed by atoms with E-state index < -0.39 is 12.3 Å². The van der Waals surface area contributed by atoms with Gasteiger partial charge in [-0.3, -0.25) is 0 Å². The van der Waals surface area contributed by atoms with E-state index in [1.165, 1.54) is 5.56 Å². The van der Waals surface area contributed by atoms with Crippen molar-refractivity contribution in [3.63, 3.8) is 0 Å². The van der Waals surface area contributed by atoms with Gasteiger partial charge in [-0.05, 0) is 25.3 Å². The third kappa shape index (κ3) is 5.45. The van der Waals surface area contributed by atoms with E-state index in [-0.39, 0.29) is 13.2 Å². The van der Waals surface area contributed by atoms with E-state index in [2.05, 4.69) is 4.74 Å². The van der Waals surface area contributed by atoms with Crippen molar-refractivity contribution in [1.82, 2.24) is 0 Å². The number of ether oxygens (including phenoxy) is 2. The number of rotatable bonds is 7. The van der Waals surface area contributed by atoms with Gasteiger partial charge in [-0.25, -0.2) is 9.18 Å². The first-order valence-corrected chi connectivity index (χ1v) is 5.70. The summed E-state index contributed by atoms with van der Waals surface area (Å²) in [6.45, 7) is 1.99. The van der Waals surface area contributed by atoms with Crippen LogP contribution in [0.3, 0.4) is 0 Å². The van der Waals surface area contributed by atoms with Gasteiger partial charge in [0.15, 0.2) is 0 Å². The number of hydrogen-bond donors (Lipinski definition) is 0. The Hall–Kier alpha value is -1.42. The minimum atomic E-state index is -1.97. The van der Waals surface area contributed by atoms with Crippen molar-refractivity contribution in [3.05, 3.63) is 35.9 Å². The molecule has 0 radical (unpaired) electrons. The second-order valence-corrected chi connectivity index (χ2v) is 3.53. The molecule has 0 amide bonds. The van der Waals surface area contributed by atoms with Gasteiger partial charge in [-0.2, -0.15) is 0 Å². The molecule has 0 saturated carbocycles. The van der Waals surface area contributed by atoms with Gasteiger partial charge >= 0.3 is 5.97 Å². The number of aryl methyl sites for hydroxylation is 1. The Morgan fingerprint density at radius 1 is 1.35 bits per heavy atom. The van der Waals surface area contributed by atoms with E-state index in [0.717, 1.165) is 6.42 Å². The molecule has 0 fully saturated rings. The highest BCUT2D eigenvalue weighted by Crippen LogP contribution is 2.04. The van der Waals surface area contributed by atoms with E-state index in [1.807, 2.05) is 30.3 Å². The first kappa shape index (κ1) is 13.6. The minimum absolute atomic E-state index is 0.159. The molecule has 0 spiro atoms. The molecule has 0 saturated heterocycles. The van der Waals surface area contributed by atoms with Crippen LogP contribution in [0, 0.1) is 0 Å². The lowest BCUT2D eigenvalue weighted by Gasteiger charge is -2.08. The van der Waals surface area contributed by atoms with Gasteiger partial charge in [0, 0.05) is 0 Å². The summed E-state index contributed by atoms with van der Waals surface area (Å²) in [5.74, 6) is -0.952. The van der Waals surface area contributed by atoms with Gasteiger partial charge in [0.25, 0.3) is 6.36 Å². The number of carbonyl (C=O) groups excluding carboxylic acids is 1. The molecule has 4 heteroatoms. The van der Waals surface area contributed by atoms with Crippen molar-refractivity contribution in [2.45, 2.75) is 26.1 Å². The standard InChI is InChI=1S/C13H17FO3/c1-2-16-13(15)12(14)17-10-6-9-11-7-4-3-5-8-11/h3-5,7-8,12H,2,6,9-10H2,1H3. The summed E-state index contributed by atoms with van der Waals surface area (Å²) in [4.78, 5) is 10.9. The van der Waals surface area contributed by atoms with Crippen LogP contribution in [-0.2, 0) is 20.7 Å². The summed E-state index contributed by atoms with van der Waals surface area (Å²) in [5.41, 5.74) is 1.17. The summed E-state index contributed by atoms with van der Waals surface area (Å²) < 4.78 is 22.2. The SMILES string of the molecule is CCOC(=O)C(F)OCCCc1ccccc1. The number of halogens is 1. The molecular formula is C13H17FO3. The lowest BCUT2D eigenvalue weighted by Crippen LogP contribution is -2.22. The average Bonchev–Trinajstić information content (AvgIpc) is 2.36. The molecule has 0 N–H and O–H groups in total. The first-order chi connectivity index (χ1) is 8.24. The molecule has 0 aliphatic heterocycles. The Balaban J connectivity index is 2.14. The largest absolute Gasteiger partial charge is 0.462 e. The highest BCUT2D eigenvalue weighted by molar-refractivity contribution is 5.72. The topological polar surface area (TPSA) is 35.5 Å². The van der Waals surface area contributed by atoms with E-state index >= 15 is 0 Å². The van der Waals surface area contributed by atoms with Crippen LogP contribution in [0.1, 0.15) is 18.9 Å². The van der Waals surface area contributed by atoms with Crippen LogP contribution in [0.15, 0.2) is 30.3 Å². The van der Waals surface area contributed by atoms with Crippen molar-refractivity contribution >= 4 is 5.97 Å². The Morgan fingerprint density at radius 2 is 2.06 bits per heavy atom. The molecule has 0 aromatic heterocycles. The summed E-state index contributed by atoms with van der Waals surface area (Å²) in [6, 6.07) is 9.84. The molecule has 0 aliphatic carbocycles. The van der Waals surface area contributed by atoms with Crippen LogP contribution in [0.2, 0.25) is 0 Å². The Morgan fingerprint density at radius 3 is 2.71 bits per heavy atom. The smallest absolute Gasteiger partial charge is 0.368 e. The number of alkyl halides is 1. The molecule has 1 rings (SSSR count). The van der Waals surface area contributed by atoms with Crippen molar-refractivity contribution in [2.75, 3.05) is 13.2 Å². The van der Waals surface area contributed by atoms with Crippen LogP contribution in [-0.4, -0.2) is 25.5 Å². The maximum Gasteiger partial charge on any atom is 0.368 e. The summed E-state index contributed by atoms with van der Waals surface area (Å²) >= 11 is 0. The van der Waals surface area contributed by atoms with Gasteiger partial charge in [0.2, 0.25) is 0 Å². The summed E-state index contributed by atoms with van der Waals surface area (Å²) in [5, 5.41) is 0. The third-order valence-electron chi connectivity index (χ3n) is 2.19. The highest BCUT2D eigenvalue weighted by Gasteiger charge is 2.18. The second kappa shape index (κ2) is 7.79. The van der Waals surface area contributed by atoms with Gasteiger partial charge in [0.1, 0.15) is 0 Å². The lowest BCUT2D eigenvalue weighted by molar-refractivity contribution is -0.169. The fourth-order valence-corrected chi connectivity index (χ4v) is 1.38. The molecule has 17 heavy (non-hydrogen) atoms. The molecule has 1 unspecified atom stereocenters. The number of esters is 1. The minimum Gasteiger partial charge on any atom is -0.462 e. The fourth-order valence-electron chi connectivity index (χ4n) is 1.38. The highest BCUT2D eigenvalue weighted by atomic mass is 19.1. The molecule has 1 atom stereocenters. The van der Waals surface area contributed by atoms with Crippen LogP contribution >= 0.6 is 0 Å². The quantitative estimate of drug-likeness (QED) is 0.542. The Labute approximate surface area is 101 Å². The lowest BCUT2D eigenvalue weighted by atomic mass is 10.1. The number of hydrogen-bond acceptors (Lipinski definition) is 3. The van der Waals surface area contributed by atoms with Gasteiger partial charge < -0.3 is 9.47 Å². The van der Waals surface area contributed by atoms with Crippen molar-refractivity contribution in [2.24, 2.45) is 0 Å². The normalized spacial score (nSPS) is 12.1. The molecule has 1 aromatic carbocycles. The monoisotopic (exact) mass is 240 g/mol. The third-order valence-corrected chi connectivity index (χ3v) is 2.19. The predicted molar refractivity (Wildman–Crippen MR) is 62.2 cm³/mol. The zero-order valence-electron chi connectivity index (χ0n) is 9.90. The van der Waals surface area contributed by atoms with E-state index in [4.69, 9.17) is 4.74 Å². The van der Waals surface area contributed by atoms with Crippen LogP contribution in [0.5, 0.6) is 0 Å². The zero-order valence-corrected chi connectivity index (χ0v) is 9.90. The second-order valence-electron chi connectivity index (χ2n) is 3.53. The van der Waals surface area contributed by atoms with Crippen molar-refractivity contribution < 1.29 is 18.7 Å². The van der Waals surface area contributed by atoms with Gasteiger partial charge in [-0.15, -0.1) is 0 Å². The predicted octanol–water partition coefficient (Wildman–Crippen LogP) is 2.49. The Bertz CT molecular complexity index is 327. The van der Waals surface area contributed by atoms with Crippen molar-refractivity contribution in [1.29, 1.82) is 0 Å². The molecular weight excluding hydrogens is 223 g/mol. The van der Waals surface area contributed by atoms with E-state index in [9.17, 15) is 9.18 Å². The maximum atomic E-state index is 13.0. The summed E-state index contributed by atoms with van der Waals surface area (Å²) in [6.07, 6.45) is -0.494. The summed E-state index contributed by atoms with van der Waals surface area (Å²) in [7, 11) is 0.